The number of fused-ring (bicyclic) bond motifs is 1. The first-order valence-electron chi connectivity index (χ1n) is 7.23. The van der Waals surface area contributed by atoms with E-state index < -0.39 is 0 Å². The first kappa shape index (κ1) is 14.6. The summed E-state index contributed by atoms with van der Waals surface area (Å²) in [6.07, 6.45) is 1.77. The van der Waals surface area contributed by atoms with E-state index in [1.165, 1.54) is 5.56 Å². The maximum Gasteiger partial charge on any atom is 0.122 e. The van der Waals surface area contributed by atoms with Gasteiger partial charge in [-0.1, -0.05) is 18.2 Å². The molecule has 1 aromatic carbocycles. The minimum absolute atomic E-state index is 0.0566. The molecule has 0 spiro atoms. The van der Waals surface area contributed by atoms with Gasteiger partial charge in [-0.15, -0.1) is 0 Å². The monoisotopic (exact) mass is 349 g/mol. The number of para-hydroxylation sites is 1. The molecule has 0 radical (unpaired) electrons. The van der Waals surface area contributed by atoms with Gasteiger partial charge in [0, 0.05) is 25.4 Å². The Bertz CT molecular complexity index is 653. The third kappa shape index (κ3) is 2.72. The van der Waals surface area contributed by atoms with Crippen LogP contribution in [0.3, 0.4) is 0 Å². The predicted octanol–water partition coefficient (Wildman–Crippen LogP) is 2.93. The van der Waals surface area contributed by atoms with Crippen molar-refractivity contribution < 1.29 is 4.74 Å². The largest absolute Gasteiger partial charge is 0.493 e. The second-order valence-corrected chi connectivity index (χ2v) is 6.41. The van der Waals surface area contributed by atoms with E-state index in [4.69, 9.17) is 10.5 Å². The summed E-state index contributed by atoms with van der Waals surface area (Å²) in [5.41, 5.74) is 9.92. The lowest BCUT2D eigenvalue weighted by Gasteiger charge is -2.30. The number of nitrogens with two attached hydrogens (primary N) is 1. The van der Waals surface area contributed by atoms with E-state index >= 15 is 0 Å². The third-order valence-electron chi connectivity index (χ3n) is 4.21. The zero-order chi connectivity index (χ0) is 15.0. The van der Waals surface area contributed by atoms with E-state index in [0.717, 1.165) is 41.1 Å². The molecule has 21 heavy (non-hydrogen) atoms. The fourth-order valence-corrected chi connectivity index (χ4v) is 3.58. The number of aromatic nitrogens is 2. The Balaban J connectivity index is 1.85. The Labute approximate surface area is 133 Å². The quantitative estimate of drug-likeness (QED) is 0.926. The summed E-state index contributed by atoms with van der Waals surface area (Å²) in [7, 11) is 1.97. The molecule has 0 saturated heterocycles. The maximum absolute atomic E-state index is 6.52. The van der Waals surface area contributed by atoms with E-state index in [9.17, 15) is 0 Å². The van der Waals surface area contributed by atoms with Gasteiger partial charge in [-0.2, -0.15) is 5.10 Å². The van der Waals surface area contributed by atoms with Gasteiger partial charge in [-0.25, -0.2) is 0 Å². The van der Waals surface area contributed by atoms with Gasteiger partial charge in [-0.3, -0.25) is 4.68 Å². The molecule has 5 heteroatoms. The topological polar surface area (TPSA) is 53.1 Å². The summed E-state index contributed by atoms with van der Waals surface area (Å²) in [6.45, 7) is 2.74. The first-order valence-corrected chi connectivity index (χ1v) is 8.02. The van der Waals surface area contributed by atoms with Gasteiger partial charge >= 0.3 is 0 Å². The summed E-state index contributed by atoms with van der Waals surface area (Å²) >= 11 is 3.62. The molecule has 1 aliphatic rings. The Morgan fingerprint density at radius 1 is 1.48 bits per heavy atom. The van der Waals surface area contributed by atoms with Gasteiger partial charge in [0.15, 0.2) is 0 Å². The zero-order valence-electron chi connectivity index (χ0n) is 12.3. The smallest absolute Gasteiger partial charge is 0.122 e. The SMILES string of the molecule is Cc1nn(C)c(CC(N)C2CCOc3ccccc32)c1Br. The highest BCUT2D eigenvalue weighted by Gasteiger charge is 2.28. The fourth-order valence-electron chi connectivity index (χ4n) is 3.08. The summed E-state index contributed by atoms with van der Waals surface area (Å²) in [6, 6.07) is 8.27. The summed E-state index contributed by atoms with van der Waals surface area (Å²) in [4.78, 5) is 0. The van der Waals surface area contributed by atoms with E-state index in [2.05, 4.69) is 33.2 Å². The number of rotatable bonds is 3. The van der Waals surface area contributed by atoms with Crippen LogP contribution in [0.15, 0.2) is 28.7 Å². The molecule has 3 rings (SSSR count). The summed E-state index contributed by atoms with van der Waals surface area (Å²) in [5.74, 6) is 1.31. The Morgan fingerprint density at radius 2 is 2.24 bits per heavy atom. The van der Waals surface area contributed by atoms with E-state index in [1.54, 1.807) is 0 Å². The van der Waals surface area contributed by atoms with E-state index in [0.29, 0.717) is 5.92 Å². The van der Waals surface area contributed by atoms with Crippen molar-refractivity contribution in [1.82, 2.24) is 9.78 Å². The lowest BCUT2D eigenvalue weighted by atomic mass is 9.85. The number of ether oxygens (including phenoxy) is 1. The lowest BCUT2D eigenvalue weighted by Crippen LogP contribution is -2.34. The Kier molecular flexibility index (Phi) is 4.04. The number of benzene rings is 1. The molecule has 2 N–H and O–H groups in total. The number of hydrogen-bond donors (Lipinski definition) is 1. The maximum atomic E-state index is 6.52. The van der Waals surface area contributed by atoms with Crippen LogP contribution in [-0.4, -0.2) is 22.4 Å². The van der Waals surface area contributed by atoms with Crippen LogP contribution in [-0.2, 0) is 13.5 Å². The average Bonchev–Trinajstić information content (AvgIpc) is 2.73. The normalized spacial score (nSPS) is 19.0. The van der Waals surface area contributed by atoms with Crippen molar-refractivity contribution in [2.45, 2.75) is 31.7 Å². The predicted molar refractivity (Wildman–Crippen MR) is 86.6 cm³/mol. The highest BCUT2D eigenvalue weighted by atomic mass is 79.9. The van der Waals surface area contributed by atoms with Crippen LogP contribution in [0.4, 0.5) is 0 Å². The van der Waals surface area contributed by atoms with Gasteiger partial charge in [-0.05, 0) is 40.9 Å². The van der Waals surface area contributed by atoms with Gasteiger partial charge in [0.25, 0.3) is 0 Å². The molecular formula is C16H20BrN3O. The minimum atomic E-state index is 0.0566. The van der Waals surface area contributed by atoms with Crippen molar-refractivity contribution in [2.75, 3.05) is 6.61 Å². The molecule has 1 aliphatic heterocycles. The molecule has 0 fully saturated rings. The van der Waals surface area contributed by atoms with E-state index in [1.807, 2.05) is 30.8 Å². The molecule has 4 nitrogen and oxygen atoms in total. The highest BCUT2D eigenvalue weighted by molar-refractivity contribution is 9.10. The lowest BCUT2D eigenvalue weighted by molar-refractivity contribution is 0.254. The van der Waals surface area contributed by atoms with Crippen LogP contribution in [0.1, 0.15) is 29.3 Å². The van der Waals surface area contributed by atoms with Crippen molar-refractivity contribution in [3.8, 4) is 5.75 Å². The Morgan fingerprint density at radius 3 is 2.95 bits per heavy atom. The summed E-state index contributed by atoms with van der Waals surface area (Å²) in [5, 5.41) is 4.44. The van der Waals surface area contributed by atoms with Crippen LogP contribution in [0.2, 0.25) is 0 Å². The number of aryl methyl sites for hydroxylation is 2. The van der Waals surface area contributed by atoms with Crippen molar-refractivity contribution in [3.63, 3.8) is 0 Å². The molecule has 2 heterocycles. The second kappa shape index (κ2) is 5.81. The fraction of sp³-hybridized carbons (Fsp3) is 0.438. The first-order chi connectivity index (χ1) is 10.1. The van der Waals surface area contributed by atoms with Crippen molar-refractivity contribution in [1.29, 1.82) is 0 Å². The number of halogens is 1. The van der Waals surface area contributed by atoms with Gasteiger partial charge < -0.3 is 10.5 Å². The minimum Gasteiger partial charge on any atom is -0.493 e. The molecule has 2 atom stereocenters. The molecule has 0 bridgehead atoms. The molecule has 0 saturated carbocycles. The molecule has 112 valence electrons. The van der Waals surface area contributed by atoms with Crippen LogP contribution in [0.25, 0.3) is 0 Å². The number of nitrogens with zero attached hydrogens (tertiary/aromatic N) is 2. The van der Waals surface area contributed by atoms with Crippen LogP contribution >= 0.6 is 15.9 Å². The summed E-state index contributed by atoms with van der Waals surface area (Å²) < 4.78 is 8.71. The van der Waals surface area contributed by atoms with Crippen LogP contribution < -0.4 is 10.5 Å². The van der Waals surface area contributed by atoms with Gasteiger partial charge in [0.1, 0.15) is 5.75 Å². The van der Waals surface area contributed by atoms with Gasteiger partial charge in [0.2, 0.25) is 0 Å². The zero-order valence-corrected chi connectivity index (χ0v) is 13.9. The molecule has 0 amide bonds. The van der Waals surface area contributed by atoms with Crippen molar-refractivity contribution >= 4 is 15.9 Å². The van der Waals surface area contributed by atoms with Crippen molar-refractivity contribution in [2.24, 2.45) is 12.8 Å². The average molecular weight is 350 g/mol. The molecule has 2 aromatic rings. The second-order valence-electron chi connectivity index (χ2n) is 5.62. The molecule has 0 aliphatic carbocycles. The van der Waals surface area contributed by atoms with Gasteiger partial charge in [0.05, 0.1) is 22.5 Å². The Hall–Kier alpha value is -1.33. The number of hydrogen-bond acceptors (Lipinski definition) is 3. The highest BCUT2D eigenvalue weighted by Crippen LogP contribution is 2.36. The van der Waals surface area contributed by atoms with E-state index in [-0.39, 0.29) is 6.04 Å². The standard InChI is InChI=1S/C16H20BrN3O/c1-10-16(17)14(20(2)19-10)9-13(18)11-7-8-21-15-6-4-3-5-12(11)15/h3-6,11,13H,7-9,18H2,1-2H3. The molecular weight excluding hydrogens is 330 g/mol. The third-order valence-corrected chi connectivity index (χ3v) is 5.24. The van der Waals surface area contributed by atoms with Crippen LogP contribution in [0, 0.1) is 6.92 Å². The molecule has 1 aromatic heterocycles. The van der Waals surface area contributed by atoms with Crippen LogP contribution in [0.5, 0.6) is 5.75 Å². The van der Waals surface area contributed by atoms with Crippen molar-refractivity contribution in [3.05, 3.63) is 45.7 Å². The molecule has 2 unspecified atom stereocenters.